The number of benzene rings is 1. The van der Waals surface area contributed by atoms with Crippen LogP contribution in [0.1, 0.15) is 31.7 Å². The number of esters is 1. The highest BCUT2D eigenvalue weighted by atomic mass is 79.9. The van der Waals surface area contributed by atoms with Crippen LogP contribution in [-0.2, 0) is 16.1 Å². The highest BCUT2D eigenvalue weighted by Gasteiger charge is 2.30. The van der Waals surface area contributed by atoms with Crippen LogP contribution in [0, 0.1) is 5.82 Å². The molecule has 0 amide bonds. The number of rotatable bonds is 4. The predicted octanol–water partition coefficient (Wildman–Crippen LogP) is 3.51. The van der Waals surface area contributed by atoms with Crippen LogP contribution < -0.4 is 0 Å². The fourth-order valence-corrected chi connectivity index (χ4v) is 2.98. The van der Waals surface area contributed by atoms with E-state index in [0.717, 1.165) is 30.3 Å². The molecule has 1 unspecified atom stereocenters. The number of hydrogen-bond acceptors (Lipinski definition) is 3. The second kappa shape index (κ2) is 7.18. The van der Waals surface area contributed by atoms with Crippen LogP contribution in [0.2, 0.25) is 0 Å². The molecule has 1 fully saturated rings. The zero-order valence-electron chi connectivity index (χ0n) is 11.6. The van der Waals surface area contributed by atoms with Crippen LogP contribution >= 0.6 is 15.9 Å². The third-order valence-electron chi connectivity index (χ3n) is 3.55. The molecule has 110 valence electrons. The molecule has 1 aromatic rings. The van der Waals surface area contributed by atoms with Gasteiger partial charge >= 0.3 is 5.97 Å². The van der Waals surface area contributed by atoms with Gasteiger partial charge in [0, 0.05) is 16.6 Å². The lowest BCUT2D eigenvalue weighted by Gasteiger charge is -2.34. The Morgan fingerprint density at radius 2 is 2.30 bits per heavy atom. The molecule has 0 aliphatic carbocycles. The molecule has 1 atom stereocenters. The molecule has 1 aliphatic heterocycles. The highest BCUT2D eigenvalue weighted by molar-refractivity contribution is 9.10. The van der Waals surface area contributed by atoms with Crippen molar-refractivity contribution in [2.45, 2.75) is 38.8 Å². The first-order chi connectivity index (χ1) is 9.61. The van der Waals surface area contributed by atoms with Crippen molar-refractivity contribution in [1.29, 1.82) is 0 Å². The average Bonchev–Trinajstić information content (AvgIpc) is 2.44. The molecule has 0 spiro atoms. The average molecular weight is 344 g/mol. The van der Waals surface area contributed by atoms with E-state index in [0.29, 0.717) is 18.7 Å². The molecule has 0 saturated carbocycles. The standard InChI is InChI=1S/C15H19BrFNO2/c1-2-20-15(19)14-5-3-4-8-18(14)10-11-9-12(16)6-7-13(11)17/h6-7,9,14H,2-5,8,10H2,1H3. The summed E-state index contributed by atoms with van der Waals surface area (Å²) in [5.41, 5.74) is 0.607. The molecule has 5 heteroatoms. The van der Waals surface area contributed by atoms with Gasteiger partial charge in [-0.2, -0.15) is 0 Å². The van der Waals surface area contributed by atoms with E-state index in [1.165, 1.54) is 6.07 Å². The minimum absolute atomic E-state index is 0.192. The summed E-state index contributed by atoms with van der Waals surface area (Å²) in [4.78, 5) is 14.0. The number of halogens is 2. The van der Waals surface area contributed by atoms with Gasteiger partial charge in [-0.3, -0.25) is 9.69 Å². The Balaban J connectivity index is 2.12. The molecule has 1 heterocycles. The summed E-state index contributed by atoms with van der Waals surface area (Å²) >= 11 is 3.35. The Morgan fingerprint density at radius 1 is 1.50 bits per heavy atom. The molecular formula is C15H19BrFNO2. The fraction of sp³-hybridized carbons (Fsp3) is 0.533. The molecule has 1 saturated heterocycles. The van der Waals surface area contributed by atoms with Crippen LogP contribution in [0.3, 0.4) is 0 Å². The van der Waals surface area contributed by atoms with Gasteiger partial charge in [0.15, 0.2) is 0 Å². The maximum Gasteiger partial charge on any atom is 0.323 e. The number of piperidine rings is 1. The zero-order chi connectivity index (χ0) is 14.5. The Morgan fingerprint density at radius 3 is 3.05 bits per heavy atom. The fourth-order valence-electron chi connectivity index (χ4n) is 2.57. The normalized spacial score (nSPS) is 19.9. The molecule has 0 N–H and O–H groups in total. The van der Waals surface area contributed by atoms with Crippen LogP contribution in [0.25, 0.3) is 0 Å². The van der Waals surface area contributed by atoms with Crippen molar-refractivity contribution in [3.63, 3.8) is 0 Å². The summed E-state index contributed by atoms with van der Waals surface area (Å²) in [6.07, 6.45) is 2.83. The smallest absolute Gasteiger partial charge is 0.323 e. The zero-order valence-corrected chi connectivity index (χ0v) is 13.2. The van der Waals surface area contributed by atoms with E-state index in [2.05, 4.69) is 15.9 Å². The summed E-state index contributed by atoms with van der Waals surface area (Å²) in [6.45, 7) is 3.43. The minimum Gasteiger partial charge on any atom is -0.465 e. The van der Waals surface area contributed by atoms with Gasteiger partial charge in [-0.1, -0.05) is 22.4 Å². The topological polar surface area (TPSA) is 29.5 Å². The first-order valence-corrected chi connectivity index (χ1v) is 7.75. The monoisotopic (exact) mass is 343 g/mol. The maximum absolute atomic E-state index is 13.8. The van der Waals surface area contributed by atoms with Gasteiger partial charge in [0.1, 0.15) is 11.9 Å². The van der Waals surface area contributed by atoms with Crippen molar-refractivity contribution < 1.29 is 13.9 Å². The summed E-state index contributed by atoms with van der Waals surface area (Å²) in [6, 6.07) is 4.65. The van der Waals surface area contributed by atoms with Crippen molar-refractivity contribution in [1.82, 2.24) is 4.90 Å². The molecule has 0 radical (unpaired) electrons. The molecule has 20 heavy (non-hydrogen) atoms. The number of likely N-dealkylation sites (tertiary alicyclic amines) is 1. The molecule has 1 aliphatic rings. The summed E-state index contributed by atoms with van der Waals surface area (Å²) in [7, 11) is 0. The third kappa shape index (κ3) is 3.79. The number of ether oxygens (including phenoxy) is 1. The SMILES string of the molecule is CCOC(=O)C1CCCCN1Cc1cc(Br)ccc1F. The van der Waals surface area contributed by atoms with Gasteiger partial charge in [-0.25, -0.2) is 4.39 Å². The predicted molar refractivity (Wildman–Crippen MR) is 78.8 cm³/mol. The summed E-state index contributed by atoms with van der Waals surface area (Å²) < 4.78 is 19.8. The molecule has 1 aromatic carbocycles. The largest absolute Gasteiger partial charge is 0.465 e. The van der Waals surface area contributed by atoms with E-state index in [4.69, 9.17) is 4.74 Å². The molecule has 3 nitrogen and oxygen atoms in total. The number of carbonyl (C=O) groups excluding carboxylic acids is 1. The second-order valence-corrected chi connectivity index (χ2v) is 5.89. The molecule has 0 bridgehead atoms. The van der Waals surface area contributed by atoms with Crippen LogP contribution in [0.4, 0.5) is 4.39 Å². The first kappa shape index (κ1) is 15.4. The Hall–Kier alpha value is -0.940. The van der Waals surface area contributed by atoms with E-state index in [1.54, 1.807) is 19.1 Å². The van der Waals surface area contributed by atoms with E-state index in [-0.39, 0.29) is 17.8 Å². The maximum atomic E-state index is 13.8. The quantitative estimate of drug-likeness (QED) is 0.783. The Kier molecular flexibility index (Phi) is 5.54. The first-order valence-electron chi connectivity index (χ1n) is 6.96. The Bertz CT molecular complexity index is 481. The third-order valence-corrected chi connectivity index (χ3v) is 4.05. The van der Waals surface area contributed by atoms with Crippen molar-refractivity contribution in [2.75, 3.05) is 13.2 Å². The van der Waals surface area contributed by atoms with Crippen LogP contribution in [-0.4, -0.2) is 30.1 Å². The number of hydrogen-bond donors (Lipinski definition) is 0. The van der Waals surface area contributed by atoms with Gasteiger partial charge < -0.3 is 4.74 Å². The second-order valence-electron chi connectivity index (χ2n) is 4.97. The van der Waals surface area contributed by atoms with Crippen molar-refractivity contribution >= 4 is 21.9 Å². The van der Waals surface area contributed by atoms with Crippen LogP contribution in [0.5, 0.6) is 0 Å². The Labute approximate surface area is 127 Å². The van der Waals surface area contributed by atoms with Gasteiger partial charge in [0.25, 0.3) is 0 Å². The van der Waals surface area contributed by atoms with Crippen molar-refractivity contribution in [3.8, 4) is 0 Å². The van der Waals surface area contributed by atoms with Crippen molar-refractivity contribution in [2.24, 2.45) is 0 Å². The van der Waals surface area contributed by atoms with E-state index >= 15 is 0 Å². The van der Waals surface area contributed by atoms with E-state index in [1.807, 2.05) is 4.90 Å². The lowest BCUT2D eigenvalue weighted by molar-refractivity contribution is -0.151. The van der Waals surface area contributed by atoms with Gasteiger partial charge in [0.05, 0.1) is 6.61 Å². The van der Waals surface area contributed by atoms with Gasteiger partial charge in [0.2, 0.25) is 0 Å². The highest BCUT2D eigenvalue weighted by Crippen LogP contribution is 2.23. The van der Waals surface area contributed by atoms with Gasteiger partial charge in [-0.15, -0.1) is 0 Å². The van der Waals surface area contributed by atoms with Gasteiger partial charge in [-0.05, 0) is 44.5 Å². The molecule has 2 rings (SSSR count). The van der Waals surface area contributed by atoms with E-state index in [9.17, 15) is 9.18 Å². The number of carbonyl (C=O) groups is 1. The van der Waals surface area contributed by atoms with E-state index < -0.39 is 0 Å². The lowest BCUT2D eigenvalue weighted by atomic mass is 10.0. The summed E-state index contributed by atoms with van der Waals surface area (Å²) in [5.74, 6) is -0.427. The molecule has 0 aromatic heterocycles. The minimum atomic E-state index is -0.248. The van der Waals surface area contributed by atoms with Crippen molar-refractivity contribution in [3.05, 3.63) is 34.1 Å². The summed E-state index contributed by atoms with van der Waals surface area (Å²) in [5, 5.41) is 0. The van der Waals surface area contributed by atoms with Crippen LogP contribution in [0.15, 0.2) is 22.7 Å². The number of nitrogens with zero attached hydrogens (tertiary/aromatic N) is 1. The lowest BCUT2D eigenvalue weighted by Crippen LogP contribution is -2.45. The molecular weight excluding hydrogens is 325 g/mol.